The van der Waals surface area contributed by atoms with Gasteiger partial charge in [0.25, 0.3) is 0 Å². The molecule has 0 saturated carbocycles. The molecule has 14 heavy (non-hydrogen) atoms. The molecule has 0 aliphatic rings. The minimum absolute atomic E-state index is 0.212. The Morgan fingerprint density at radius 1 is 1.29 bits per heavy atom. The lowest BCUT2D eigenvalue weighted by molar-refractivity contribution is 0.245. The number of aromatic amines is 1. The molecule has 0 fully saturated rings. The van der Waals surface area contributed by atoms with Crippen LogP contribution in [0, 0.1) is 6.92 Å². The maximum atomic E-state index is 5.71. The van der Waals surface area contributed by atoms with Crippen molar-refractivity contribution >= 4 is 10.9 Å². The lowest BCUT2D eigenvalue weighted by Crippen LogP contribution is -2.05. The molecule has 2 nitrogen and oxygen atoms in total. The highest BCUT2D eigenvalue weighted by molar-refractivity contribution is 5.86. The minimum Gasteiger partial charge on any atom is -0.489 e. The number of hydrogen-bond acceptors (Lipinski definition) is 1. The molecule has 0 bridgehead atoms. The summed E-state index contributed by atoms with van der Waals surface area (Å²) in [5.74, 6) is 0.936. The molecule has 0 aliphatic heterocycles. The molecular weight excluding hydrogens is 174 g/mol. The molecule has 0 amide bonds. The van der Waals surface area contributed by atoms with E-state index in [4.69, 9.17) is 4.74 Å². The second kappa shape index (κ2) is 3.37. The van der Waals surface area contributed by atoms with E-state index >= 15 is 0 Å². The van der Waals surface area contributed by atoms with Crippen LogP contribution < -0.4 is 4.74 Å². The highest BCUT2D eigenvalue weighted by Crippen LogP contribution is 2.26. The zero-order valence-corrected chi connectivity index (χ0v) is 8.79. The van der Waals surface area contributed by atoms with Gasteiger partial charge in [-0.3, -0.25) is 0 Å². The third-order valence-electron chi connectivity index (χ3n) is 2.12. The molecule has 1 aromatic heterocycles. The molecule has 0 atom stereocenters. The second-order valence-electron chi connectivity index (χ2n) is 3.84. The van der Waals surface area contributed by atoms with Crippen molar-refractivity contribution in [2.24, 2.45) is 0 Å². The third-order valence-corrected chi connectivity index (χ3v) is 2.12. The van der Waals surface area contributed by atoms with E-state index in [2.05, 4.69) is 24.0 Å². The van der Waals surface area contributed by atoms with Crippen LogP contribution in [0.25, 0.3) is 10.9 Å². The predicted molar refractivity (Wildman–Crippen MR) is 58.8 cm³/mol. The first-order valence-corrected chi connectivity index (χ1v) is 4.92. The average molecular weight is 189 g/mol. The first kappa shape index (κ1) is 9.13. The average Bonchev–Trinajstić information content (AvgIpc) is 2.45. The summed E-state index contributed by atoms with van der Waals surface area (Å²) in [5.41, 5.74) is 2.26. The van der Waals surface area contributed by atoms with Crippen molar-refractivity contribution < 1.29 is 4.74 Å². The van der Waals surface area contributed by atoms with Gasteiger partial charge in [0.15, 0.2) is 0 Å². The Kier molecular flexibility index (Phi) is 2.20. The molecule has 2 aromatic rings. The smallest absolute Gasteiger partial charge is 0.143 e. The summed E-state index contributed by atoms with van der Waals surface area (Å²) in [5, 5.41) is 1.21. The molecule has 1 aromatic carbocycles. The molecule has 0 spiro atoms. The standard InChI is InChI=1S/C12H15NO/c1-8(2)14-11-6-4-5-10-7-9(3)13-12(10)11/h4-8,13H,1-3H3. The molecule has 2 heteroatoms. The molecular formula is C12H15NO. The van der Waals surface area contributed by atoms with Crippen molar-refractivity contribution in [1.82, 2.24) is 4.98 Å². The quantitative estimate of drug-likeness (QED) is 0.770. The molecule has 2 rings (SSSR count). The summed E-state index contributed by atoms with van der Waals surface area (Å²) < 4.78 is 5.71. The van der Waals surface area contributed by atoms with E-state index in [-0.39, 0.29) is 6.10 Å². The summed E-state index contributed by atoms with van der Waals surface area (Å²) in [4.78, 5) is 3.31. The second-order valence-corrected chi connectivity index (χ2v) is 3.84. The van der Waals surface area contributed by atoms with Gasteiger partial charge in [0.05, 0.1) is 11.6 Å². The summed E-state index contributed by atoms with van der Waals surface area (Å²) >= 11 is 0. The third kappa shape index (κ3) is 1.60. The fourth-order valence-corrected chi connectivity index (χ4v) is 1.62. The van der Waals surface area contributed by atoms with Crippen molar-refractivity contribution in [3.05, 3.63) is 30.0 Å². The van der Waals surface area contributed by atoms with Crippen LogP contribution in [0.4, 0.5) is 0 Å². The van der Waals surface area contributed by atoms with Gasteiger partial charge in [0.1, 0.15) is 5.75 Å². The Labute approximate surface area is 83.9 Å². The number of H-pyrrole nitrogens is 1. The van der Waals surface area contributed by atoms with E-state index in [1.165, 1.54) is 11.1 Å². The number of aromatic nitrogens is 1. The van der Waals surface area contributed by atoms with Gasteiger partial charge in [0, 0.05) is 11.1 Å². The van der Waals surface area contributed by atoms with E-state index < -0.39 is 0 Å². The van der Waals surface area contributed by atoms with E-state index in [1.807, 2.05) is 26.0 Å². The number of nitrogens with one attached hydrogen (secondary N) is 1. The van der Waals surface area contributed by atoms with Crippen molar-refractivity contribution in [2.75, 3.05) is 0 Å². The van der Waals surface area contributed by atoms with Crippen molar-refractivity contribution in [3.63, 3.8) is 0 Å². The lowest BCUT2D eigenvalue weighted by Gasteiger charge is -2.10. The topological polar surface area (TPSA) is 25.0 Å². The van der Waals surface area contributed by atoms with Crippen LogP contribution in [0.15, 0.2) is 24.3 Å². The van der Waals surface area contributed by atoms with Crippen molar-refractivity contribution in [3.8, 4) is 5.75 Å². The van der Waals surface area contributed by atoms with Crippen molar-refractivity contribution in [2.45, 2.75) is 26.9 Å². The normalized spacial score (nSPS) is 11.1. The Morgan fingerprint density at radius 2 is 2.07 bits per heavy atom. The summed E-state index contributed by atoms with van der Waals surface area (Å²) in [6.07, 6.45) is 0.212. The maximum absolute atomic E-state index is 5.71. The summed E-state index contributed by atoms with van der Waals surface area (Å²) in [6, 6.07) is 8.24. The van der Waals surface area contributed by atoms with Crippen LogP contribution in [0.5, 0.6) is 5.75 Å². The van der Waals surface area contributed by atoms with E-state index in [9.17, 15) is 0 Å². The van der Waals surface area contributed by atoms with Gasteiger partial charge in [-0.05, 0) is 32.9 Å². The van der Waals surface area contributed by atoms with Gasteiger partial charge in [-0.2, -0.15) is 0 Å². The Bertz CT molecular complexity index is 443. The van der Waals surface area contributed by atoms with Gasteiger partial charge in [-0.15, -0.1) is 0 Å². The monoisotopic (exact) mass is 189 g/mol. The van der Waals surface area contributed by atoms with Crippen LogP contribution >= 0.6 is 0 Å². The molecule has 1 N–H and O–H groups in total. The largest absolute Gasteiger partial charge is 0.489 e. The molecule has 0 saturated heterocycles. The number of para-hydroxylation sites is 1. The number of fused-ring (bicyclic) bond motifs is 1. The number of aryl methyl sites for hydroxylation is 1. The Balaban J connectivity index is 2.53. The first-order valence-electron chi connectivity index (χ1n) is 4.92. The van der Waals surface area contributed by atoms with E-state index in [0.717, 1.165) is 11.3 Å². The number of benzene rings is 1. The highest BCUT2D eigenvalue weighted by Gasteiger charge is 2.05. The fourth-order valence-electron chi connectivity index (χ4n) is 1.62. The minimum atomic E-state index is 0.212. The SMILES string of the molecule is Cc1cc2cccc(OC(C)C)c2[nH]1. The number of ether oxygens (including phenoxy) is 1. The maximum Gasteiger partial charge on any atom is 0.143 e. The van der Waals surface area contributed by atoms with E-state index in [1.54, 1.807) is 0 Å². The first-order chi connectivity index (χ1) is 6.66. The van der Waals surface area contributed by atoms with Crippen molar-refractivity contribution in [1.29, 1.82) is 0 Å². The van der Waals surface area contributed by atoms with Gasteiger partial charge < -0.3 is 9.72 Å². The lowest BCUT2D eigenvalue weighted by atomic mass is 10.2. The molecule has 0 radical (unpaired) electrons. The fraction of sp³-hybridized carbons (Fsp3) is 0.333. The van der Waals surface area contributed by atoms with Gasteiger partial charge in [0.2, 0.25) is 0 Å². The number of rotatable bonds is 2. The summed E-state index contributed by atoms with van der Waals surface area (Å²) in [7, 11) is 0. The van der Waals surface area contributed by atoms with Crippen LogP contribution in [0.3, 0.4) is 0 Å². The predicted octanol–water partition coefficient (Wildman–Crippen LogP) is 3.26. The summed E-state index contributed by atoms with van der Waals surface area (Å²) in [6.45, 7) is 6.13. The zero-order valence-electron chi connectivity index (χ0n) is 8.79. The molecule has 74 valence electrons. The van der Waals surface area contributed by atoms with Crippen LogP contribution in [0.1, 0.15) is 19.5 Å². The van der Waals surface area contributed by atoms with Crippen LogP contribution in [-0.2, 0) is 0 Å². The Morgan fingerprint density at radius 3 is 2.79 bits per heavy atom. The molecule has 0 aliphatic carbocycles. The number of hydrogen-bond donors (Lipinski definition) is 1. The van der Waals surface area contributed by atoms with Gasteiger partial charge >= 0.3 is 0 Å². The van der Waals surface area contributed by atoms with E-state index in [0.29, 0.717) is 0 Å². The van der Waals surface area contributed by atoms with Crippen LogP contribution in [-0.4, -0.2) is 11.1 Å². The zero-order chi connectivity index (χ0) is 10.1. The van der Waals surface area contributed by atoms with Gasteiger partial charge in [-0.25, -0.2) is 0 Å². The molecule has 1 heterocycles. The highest BCUT2D eigenvalue weighted by atomic mass is 16.5. The Hall–Kier alpha value is -1.44. The van der Waals surface area contributed by atoms with Crippen LogP contribution in [0.2, 0.25) is 0 Å². The molecule has 0 unspecified atom stereocenters. The van der Waals surface area contributed by atoms with Gasteiger partial charge in [-0.1, -0.05) is 12.1 Å².